The summed E-state index contributed by atoms with van der Waals surface area (Å²) >= 11 is 0. The van der Waals surface area contributed by atoms with Gasteiger partial charge < -0.3 is 19.6 Å². The number of nitrogens with zero attached hydrogens (tertiary/aromatic N) is 1. The van der Waals surface area contributed by atoms with Gasteiger partial charge in [-0.2, -0.15) is 0 Å². The van der Waals surface area contributed by atoms with Gasteiger partial charge in [0, 0.05) is 18.2 Å². The third kappa shape index (κ3) is 3.67. The Balaban J connectivity index is 2.27. The minimum absolute atomic E-state index is 0.0538. The fourth-order valence-electron chi connectivity index (χ4n) is 2.12. The number of H-pyrrole nitrogens is 1. The number of aromatic nitrogens is 2. The Morgan fingerprint density at radius 3 is 2.76 bits per heavy atom. The summed E-state index contributed by atoms with van der Waals surface area (Å²) in [4.78, 5) is 42.8. The molecule has 21 heavy (non-hydrogen) atoms. The highest BCUT2D eigenvalue weighted by Gasteiger charge is 2.40. The number of aliphatic hydroxyl groups excluding tert-OH is 1. The average molecular weight is 322 g/mol. The van der Waals surface area contributed by atoms with Crippen LogP contribution in [0.1, 0.15) is 18.2 Å². The number of aromatic amines is 1. The van der Waals surface area contributed by atoms with E-state index < -0.39 is 44.1 Å². The van der Waals surface area contributed by atoms with Crippen LogP contribution in [0.2, 0.25) is 0 Å². The summed E-state index contributed by atoms with van der Waals surface area (Å²) in [5.74, 6) is 0. The van der Waals surface area contributed by atoms with Crippen molar-refractivity contribution in [3.05, 3.63) is 32.6 Å². The number of ether oxygens (including phenoxy) is 1. The summed E-state index contributed by atoms with van der Waals surface area (Å²) in [5.41, 5.74) is -0.974. The van der Waals surface area contributed by atoms with Crippen LogP contribution < -0.4 is 11.2 Å². The van der Waals surface area contributed by atoms with E-state index in [-0.39, 0.29) is 12.0 Å². The Morgan fingerprint density at radius 1 is 1.52 bits per heavy atom. The molecule has 1 aromatic heterocycles. The van der Waals surface area contributed by atoms with Crippen molar-refractivity contribution in [2.45, 2.75) is 31.8 Å². The zero-order chi connectivity index (χ0) is 15.8. The molecule has 2 rings (SSSR count). The van der Waals surface area contributed by atoms with Crippen LogP contribution in [-0.2, 0) is 13.8 Å². The molecule has 0 amide bonds. The van der Waals surface area contributed by atoms with Crippen molar-refractivity contribution in [1.82, 2.24) is 9.55 Å². The quantitative estimate of drug-likeness (QED) is 0.494. The monoisotopic (exact) mass is 322 g/mol. The van der Waals surface area contributed by atoms with Crippen LogP contribution in [0.4, 0.5) is 0 Å². The molecule has 11 heteroatoms. The SMILES string of the molecule is Cc1cn([C@@H]2C[C@H](OP(=O)(O)O)[C@@H](CO)O2)c(=O)[nH]c1=O. The summed E-state index contributed by atoms with van der Waals surface area (Å²) in [6.07, 6.45) is -1.73. The number of hydrogen-bond acceptors (Lipinski definition) is 6. The van der Waals surface area contributed by atoms with Gasteiger partial charge in [0.05, 0.1) is 6.61 Å². The Bertz CT molecular complexity index is 676. The topological polar surface area (TPSA) is 151 Å². The summed E-state index contributed by atoms with van der Waals surface area (Å²) in [5, 5.41) is 9.16. The van der Waals surface area contributed by atoms with Crippen LogP contribution >= 0.6 is 7.82 Å². The average Bonchev–Trinajstić information content (AvgIpc) is 2.74. The maximum atomic E-state index is 11.7. The predicted octanol–water partition coefficient (Wildman–Crippen LogP) is -1.40. The van der Waals surface area contributed by atoms with E-state index in [1.807, 2.05) is 0 Å². The van der Waals surface area contributed by atoms with Crippen LogP contribution in [0.5, 0.6) is 0 Å². The van der Waals surface area contributed by atoms with Crippen molar-refractivity contribution < 1.29 is 28.7 Å². The number of rotatable bonds is 4. The lowest BCUT2D eigenvalue weighted by Gasteiger charge is -2.16. The Morgan fingerprint density at radius 2 is 2.19 bits per heavy atom. The second-order valence-corrected chi connectivity index (χ2v) is 5.85. The number of nitrogens with one attached hydrogen (secondary N) is 1. The van der Waals surface area contributed by atoms with Gasteiger partial charge in [-0.3, -0.25) is 18.9 Å². The number of phosphoric ester groups is 1. The van der Waals surface area contributed by atoms with E-state index in [2.05, 4.69) is 9.51 Å². The standard InChI is InChI=1S/C10H15N2O8P/c1-5-3-12(10(15)11-9(5)14)8-2-6(7(4-13)19-8)20-21(16,17)18/h3,6-8,13H,2,4H2,1H3,(H,11,14,15)(H2,16,17,18)/t6-,7+,8-/m0/s1. The lowest BCUT2D eigenvalue weighted by molar-refractivity contribution is -0.0453. The minimum Gasteiger partial charge on any atom is -0.394 e. The number of hydrogen-bond donors (Lipinski definition) is 4. The molecule has 0 saturated carbocycles. The molecule has 1 saturated heterocycles. The first-order chi connectivity index (χ1) is 9.71. The zero-order valence-corrected chi connectivity index (χ0v) is 11.9. The highest BCUT2D eigenvalue weighted by molar-refractivity contribution is 7.46. The van der Waals surface area contributed by atoms with E-state index in [9.17, 15) is 14.2 Å². The van der Waals surface area contributed by atoms with Crippen LogP contribution in [0.25, 0.3) is 0 Å². The van der Waals surface area contributed by atoms with Gasteiger partial charge in [0.1, 0.15) is 18.4 Å². The molecule has 0 radical (unpaired) electrons. The van der Waals surface area contributed by atoms with Crippen molar-refractivity contribution in [2.24, 2.45) is 0 Å². The third-order valence-electron chi connectivity index (χ3n) is 3.09. The van der Waals surface area contributed by atoms with Crippen LogP contribution in [0.15, 0.2) is 15.8 Å². The maximum Gasteiger partial charge on any atom is 0.469 e. The number of aryl methyl sites for hydroxylation is 1. The molecule has 1 aromatic rings. The fourth-order valence-corrected chi connectivity index (χ4v) is 2.70. The Kier molecular flexibility index (Phi) is 4.47. The van der Waals surface area contributed by atoms with E-state index in [4.69, 9.17) is 19.6 Å². The van der Waals surface area contributed by atoms with Crippen LogP contribution in [-0.4, -0.2) is 43.3 Å². The molecular formula is C10H15N2O8P. The van der Waals surface area contributed by atoms with E-state index in [1.54, 1.807) is 0 Å². The summed E-state index contributed by atoms with van der Waals surface area (Å²) in [7, 11) is -4.75. The van der Waals surface area contributed by atoms with Gasteiger partial charge in [-0.25, -0.2) is 9.36 Å². The highest BCUT2D eigenvalue weighted by Crippen LogP contribution is 2.43. The summed E-state index contributed by atoms with van der Waals surface area (Å²) in [6, 6.07) is 0. The number of aliphatic hydroxyl groups is 1. The summed E-state index contributed by atoms with van der Waals surface area (Å²) < 4.78 is 21.9. The van der Waals surface area contributed by atoms with E-state index in [0.717, 1.165) is 4.57 Å². The van der Waals surface area contributed by atoms with Crippen LogP contribution in [0.3, 0.4) is 0 Å². The van der Waals surface area contributed by atoms with Crippen molar-refractivity contribution in [3.8, 4) is 0 Å². The molecule has 1 aliphatic rings. The third-order valence-corrected chi connectivity index (χ3v) is 3.63. The Hall–Kier alpha value is -1.29. The fraction of sp³-hybridized carbons (Fsp3) is 0.600. The van der Waals surface area contributed by atoms with Gasteiger partial charge in [-0.1, -0.05) is 0 Å². The second-order valence-electron chi connectivity index (χ2n) is 4.66. The lowest BCUT2D eigenvalue weighted by atomic mass is 10.2. The van der Waals surface area contributed by atoms with Gasteiger partial charge >= 0.3 is 13.5 Å². The second kappa shape index (κ2) is 5.84. The molecule has 0 bridgehead atoms. The van der Waals surface area contributed by atoms with E-state index >= 15 is 0 Å². The minimum atomic E-state index is -4.75. The van der Waals surface area contributed by atoms with Crippen molar-refractivity contribution in [1.29, 1.82) is 0 Å². The maximum absolute atomic E-state index is 11.7. The highest BCUT2D eigenvalue weighted by atomic mass is 31.2. The molecule has 2 heterocycles. The van der Waals surface area contributed by atoms with Gasteiger partial charge in [-0.05, 0) is 6.92 Å². The first-order valence-electron chi connectivity index (χ1n) is 6.03. The van der Waals surface area contributed by atoms with Gasteiger partial charge in [0.15, 0.2) is 0 Å². The smallest absolute Gasteiger partial charge is 0.394 e. The summed E-state index contributed by atoms with van der Waals surface area (Å²) in [6.45, 7) is 0.967. The molecule has 1 aliphatic heterocycles. The van der Waals surface area contributed by atoms with Gasteiger partial charge in [0.25, 0.3) is 5.56 Å². The first-order valence-corrected chi connectivity index (χ1v) is 7.56. The normalized spacial score (nSPS) is 26.2. The molecule has 0 aromatic carbocycles. The molecule has 0 unspecified atom stereocenters. The first kappa shape index (κ1) is 16.1. The molecule has 4 N–H and O–H groups in total. The number of phosphoric acid groups is 1. The predicted molar refractivity (Wildman–Crippen MR) is 68.6 cm³/mol. The molecule has 1 fully saturated rings. The van der Waals surface area contributed by atoms with Gasteiger partial charge in [-0.15, -0.1) is 0 Å². The molecule has 3 atom stereocenters. The molecule has 0 aliphatic carbocycles. The van der Waals surface area contributed by atoms with Gasteiger partial charge in [0.2, 0.25) is 0 Å². The zero-order valence-electron chi connectivity index (χ0n) is 11.0. The van der Waals surface area contributed by atoms with E-state index in [0.29, 0.717) is 0 Å². The molecular weight excluding hydrogens is 307 g/mol. The van der Waals surface area contributed by atoms with Crippen LogP contribution in [0, 0.1) is 6.92 Å². The van der Waals surface area contributed by atoms with Crippen molar-refractivity contribution in [3.63, 3.8) is 0 Å². The molecule has 0 spiro atoms. The molecule has 118 valence electrons. The lowest BCUT2D eigenvalue weighted by Crippen LogP contribution is -2.33. The van der Waals surface area contributed by atoms with E-state index in [1.165, 1.54) is 13.1 Å². The molecule has 10 nitrogen and oxygen atoms in total. The Labute approximate surface area is 118 Å². The van der Waals surface area contributed by atoms with Crippen molar-refractivity contribution in [2.75, 3.05) is 6.61 Å². The largest absolute Gasteiger partial charge is 0.469 e. The van der Waals surface area contributed by atoms with Crippen molar-refractivity contribution >= 4 is 7.82 Å².